The summed E-state index contributed by atoms with van der Waals surface area (Å²) in [6, 6.07) is -4.17. The molecule has 1 aromatic carbocycles. The number of amides is 6. The fourth-order valence-corrected chi connectivity index (χ4v) is 7.55. The molecule has 54 heavy (non-hydrogen) atoms. The van der Waals surface area contributed by atoms with Crippen LogP contribution in [0.4, 0.5) is 8.78 Å². The van der Waals surface area contributed by atoms with Gasteiger partial charge in [0.2, 0.25) is 35.4 Å². The fourth-order valence-electron chi connectivity index (χ4n) is 7.55. The van der Waals surface area contributed by atoms with E-state index in [1.54, 1.807) is 12.2 Å². The summed E-state index contributed by atoms with van der Waals surface area (Å²) in [6.45, 7) is 5.12. The molecule has 0 aliphatic carbocycles. The van der Waals surface area contributed by atoms with E-state index < -0.39 is 95.9 Å². The molecule has 4 aliphatic heterocycles. The lowest BCUT2D eigenvalue weighted by Gasteiger charge is -2.39. The predicted molar refractivity (Wildman–Crippen MR) is 190 cm³/mol. The Morgan fingerprint density at radius 3 is 2.20 bits per heavy atom. The highest BCUT2D eigenvalue weighted by atomic mass is 19.1. The van der Waals surface area contributed by atoms with Gasteiger partial charge in [-0.15, -0.1) is 6.58 Å². The summed E-state index contributed by atoms with van der Waals surface area (Å²) < 4.78 is 33.9. The highest BCUT2D eigenvalue weighted by Crippen LogP contribution is 2.27. The number of carbonyl (C=O) groups is 7. The third-order valence-electron chi connectivity index (χ3n) is 10.3. The molecule has 4 aliphatic rings. The maximum Gasteiger partial charge on any atom is 0.328 e. The van der Waals surface area contributed by atoms with Crippen LogP contribution in [-0.4, -0.2) is 119 Å². The zero-order chi connectivity index (χ0) is 38.9. The van der Waals surface area contributed by atoms with Crippen LogP contribution in [-0.2, 0) is 44.7 Å². The van der Waals surface area contributed by atoms with Gasteiger partial charge in [0.05, 0.1) is 0 Å². The second-order valence-electron chi connectivity index (χ2n) is 14.2. The zero-order valence-corrected chi connectivity index (χ0v) is 30.4. The Morgan fingerprint density at radius 2 is 1.50 bits per heavy atom. The Balaban J connectivity index is 1.46. The number of nitrogens with one attached hydrogen (secondary N) is 3. The second kappa shape index (κ2) is 18.3. The predicted octanol–water partition coefficient (Wildman–Crippen LogP) is 1.42. The average molecular weight is 755 g/mol. The summed E-state index contributed by atoms with van der Waals surface area (Å²) in [6.07, 6.45) is 8.32. The second-order valence-corrected chi connectivity index (χ2v) is 14.2. The summed E-state index contributed by atoms with van der Waals surface area (Å²) in [7, 11) is 0. The first-order valence-electron chi connectivity index (χ1n) is 18.6. The lowest BCUT2D eigenvalue weighted by atomic mass is 9.99. The Labute approximate surface area is 312 Å². The number of piperidine rings is 1. The zero-order valence-electron chi connectivity index (χ0n) is 30.4. The van der Waals surface area contributed by atoms with Crippen molar-refractivity contribution in [2.75, 3.05) is 26.2 Å². The third-order valence-corrected chi connectivity index (χ3v) is 10.3. The largest absolute Gasteiger partial charge is 0.461 e. The molecule has 0 radical (unpaired) electrons. The minimum absolute atomic E-state index is 0.0462. The molecule has 4 heterocycles. The molecule has 3 N–H and O–H groups in total. The molecule has 0 unspecified atom stereocenters. The summed E-state index contributed by atoms with van der Waals surface area (Å²) >= 11 is 0. The van der Waals surface area contributed by atoms with Gasteiger partial charge in [0, 0.05) is 32.1 Å². The Morgan fingerprint density at radius 1 is 0.870 bits per heavy atom. The molecule has 292 valence electrons. The molecule has 0 bridgehead atoms. The fraction of sp³-hybridized carbons (Fsp3) is 0.553. The van der Waals surface area contributed by atoms with E-state index in [9.17, 15) is 42.3 Å². The van der Waals surface area contributed by atoms with E-state index in [4.69, 9.17) is 4.74 Å². The van der Waals surface area contributed by atoms with Crippen molar-refractivity contribution in [3.8, 4) is 0 Å². The summed E-state index contributed by atoms with van der Waals surface area (Å²) in [5, 5.41) is 7.84. The van der Waals surface area contributed by atoms with E-state index in [1.165, 1.54) is 27.7 Å². The topological polar surface area (TPSA) is 175 Å². The van der Waals surface area contributed by atoms with Crippen molar-refractivity contribution < 1.29 is 47.1 Å². The molecule has 0 saturated carbocycles. The quantitative estimate of drug-likeness (QED) is 0.147. The van der Waals surface area contributed by atoms with Gasteiger partial charge in [-0.3, -0.25) is 28.8 Å². The first-order chi connectivity index (χ1) is 25.9. The number of rotatable bonds is 9. The average Bonchev–Trinajstić information content (AvgIpc) is 3.84. The highest BCUT2D eigenvalue weighted by molar-refractivity contribution is 5.98. The summed E-state index contributed by atoms with van der Waals surface area (Å²) in [5.41, 5.74) is 0.0462. The molecule has 5 rings (SSSR count). The number of fused-ring (bicyclic) bond motifs is 3. The molecule has 14 nitrogen and oxygen atoms in total. The van der Waals surface area contributed by atoms with Crippen molar-refractivity contribution in [1.82, 2.24) is 30.7 Å². The van der Waals surface area contributed by atoms with Crippen molar-refractivity contribution in [2.45, 2.75) is 107 Å². The molecule has 6 amide bonds. The first-order valence-corrected chi connectivity index (χ1v) is 18.6. The minimum atomic E-state index is -1.56. The standard InChI is InChI=1S/C38H48F2N6O8/c1-3-4-5-6-14-32(47)42-27(20-24-18-25(39)21-26(40)19-24)33(48)43-28-22-54-38(53)31-13-10-17-46(31)35(50)23(2)41-34(49)29-11-7-8-15-44(29)37(52)30-12-9-16-45(30)36(28)51/h3,6,14,18-19,21,23,27-31H,1,4-5,7-13,15-17,20,22H2,2H3,(H,41,49)(H,42,47)(H,43,48)/t23-,27-,28-,29-,30-,31-/m0/s1. The lowest BCUT2D eigenvalue weighted by Crippen LogP contribution is -2.62. The SMILES string of the molecule is C=CCCC=CC(=O)N[C@@H](Cc1cc(F)cc(F)c1)C(=O)N[C@H]1COC(=O)[C@@H]2CCCN2C(=O)[C@H](C)NC(=O)[C@@H]2CCCCN2C(=O)[C@@H]2CCCN2C1=O. The normalized spacial score (nSPS) is 26.1. The maximum atomic E-state index is 14.3. The minimum Gasteiger partial charge on any atom is -0.461 e. The molecule has 0 spiro atoms. The van der Waals surface area contributed by atoms with Crippen LogP contribution < -0.4 is 16.0 Å². The van der Waals surface area contributed by atoms with Crippen molar-refractivity contribution in [1.29, 1.82) is 0 Å². The van der Waals surface area contributed by atoms with E-state index in [0.717, 1.165) is 12.1 Å². The van der Waals surface area contributed by atoms with Gasteiger partial charge in [-0.05, 0) is 88.5 Å². The number of carbonyl (C=O) groups excluding carboxylic acids is 7. The number of ether oxygens (including phenoxy) is 1. The van der Waals surface area contributed by atoms with Crippen LogP contribution in [0.15, 0.2) is 43.0 Å². The monoisotopic (exact) mass is 754 g/mol. The molecule has 16 heteroatoms. The first kappa shape index (κ1) is 40.0. The van der Waals surface area contributed by atoms with Crippen LogP contribution in [0.1, 0.15) is 70.3 Å². The smallest absolute Gasteiger partial charge is 0.328 e. The van der Waals surface area contributed by atoms with Gasteiger partial charge >= 0.3 is 5.97 Å². The molecule has 4 fully saturated rings. The van der Waals surface area contributed by atoms with E-state index in [0.29, 0.717) is 51.0 Å². The molecule has 4 saturated heterocycles. The van der Waals surface area contributed by atoms with E-state index in [1.807, 2.05) is 0 Å². The maximum absolute atomic E-state index is 14.3. The molecule has 6 atom stereocenters. The number of unbranched alkanes of at least 4 members (excludes halogenated alkanes) is 1. The van der Waals surface area contributed by atoms with E-state index in [-0.39, 0.29) is 44.5 Å². The molecule has 1 aromatic rings. The Hall–Kier alpha value is -5.15. The van der Waals surface area contributed by atoms with Crippen LogP contribution in [0.25, 0.3) is 0 Å². The Kier molecular flexibility index (Phi) is 13.5. The summed E-state index contributed by atoms with van der Waals surface area (Å²) in [4.78, 5) is 100. The van der Waals surface area contributed by atoms with Crippen molar-refractivity contribution >= 4 is 41.4 Å². The van der Waals surface area contributed by atoms with Gasteiger partial charge in [0.1, 0.15) is 54.5 Å². The van der Waals surface area contributed by atoms with Crippen molar-refractivity contribution in [2.24, 2.45) is 0 Å². The van der Waals surface area contributed by atoms with Crippen molar-refractivity contribution in [3.63, 3.8) is 0 Å². The van der Waals surface area contributed by atoms with Crippen LogP contribution in [0.5, 0.6) is 0 Å². The number of hydrogen-bond donors (Lipinski definition) is 3. The number of esters is 1. The highest BCUT2D eigenvalue weighted by Gasteiger charge is 2.45. The lowest BCUT2D eigenvalue weighted by molar-refractivity contribution is -0.158. The van der Waals surface area contributed by atoms with E-state index in [2.05, 4.69) is 22.5 Å². The summed E-state index contributed by atoms with van der Waals surface area (Å²) in [5.74, 6) is -6.41. The van der Waals surface area contributed by atoms with Crippen molar-refractivity contribution in [3.05, 3.63) is 60.2 Å². The number of cyclic esters (lactones) is 1. The molecular formula is C38H48F2N6O8. The van der Waals surface area contributed by atoms with Crippen LogP contribution in [0.2, 0.25) is 0 Å². The number of nitrogens with zero attached hydrogens (tertiary/aromatic N) is 3. The van der Waals surface area contributed by atoms with Crippen LogP contribution in [0, 0.1) is 11.6 Å². The number of allylic oxidation sites excluding steroid dienone is 2. The van der Waals surface area contributed by atoms with Gasteiger partial charge in [-0.25, -0.2) is 13.6 Å². The number of benzene rings is 1. The van der Waals surface area contributed by atoms with Gasteiger partial charge < -0.3 is 35.4 Å². The molecule has 0 aromatic heterocycles. The third kappa shape index (κ3) is 9.68. The Bertz CT molecular complexity index is 1650. The van der Waals surface area contributed by atoms with Gasteiger partial charge in [0.25, 0.3) is 0 Å². The van der Waals surface area contributed by atoms with Gasteiger partial charge in [-0.2, -0.15) is 0 Å². The molecular weight excluding hydrogens is 706 g/mol. The van der Waals surface area contributed by atoms with Crippen LogP contribution >= 0.6 is 0 Å². The van der Waals surface area contributed by atoms with Gasteiger partial charge in [0.15, 0.2) is 0 Å². The number of hydrogen-bond acceptors (Lipinski definition) is 8. The van der Waals surface area contributed by atoms with Crippen LogP contribution in [0.3, 0.4) is 0 Å². The number of halogens is 2. The van der Waals surface area contributed by atoms with Gasteiger partial charge in [-0.1, -0.05) is 12.2 Å². The van der Waals surface area contributed by atoms with E-state index >= 15 is 0 Å².